The molecular weight excluding hydrogens is 396 g/mol. The molecule has 0 saturated heterocycles. The molecule has 1 aromatic heterocycles. The first-order valence-corrected chi connectivity index (χ1v) is 10.8. The fourth-order valence-corrected chi connectivity index (χ4v) is 4.21. The van der Waals surface area contributed by atoms with Crippen LogP contribution in [0.3, 0.4) is 0 Å². The van der Waals surface area contributed by atoms with E-state index >= 15 is 0 Å². The van der Waals surface area contributed by atoms with Crippen molar-refractivity contribution in [3.63, 3.8) is 0 Å². The van der Waals surface area contributed by atoms with Crippen molar-refractivity contribution >= 4 is 11.9 Å². The molecule has 0 aliphatic heterocycles. The van der Waals surface area contributed by atoms with Crippen molar-refractivity contribution in [1.29, 1.82) is 0 Å². The van der Waals surface area contributed by atoms with E-state index in [9.17, 15) is 24.6 Å². The zero-order valence-electron chi connectivity index (χ0n) is 18.1. The lowest BCUT2D eigenvalue weighted by Crippen LogP contribution is -2.45. The Morgan fingerprint density at radius 1 is 1.13 bits per heavy atom. The molecule has 1 aromatic carbocycles. The summed E-state index contributed by atoms with van der Waals surface area (Å²) in [5.41, 5.74) is 1.91. The van der Waals surface area contributed by atoms with Gasteiger partial charge in [-0.15, -0.1) is 0 Å². The molecule has 0 radical (unpaired) electrons. The Kier molecular flexibility index (Phi) is 7.15. The Morgan fingerprint density at radius 3 is 2.39 bits per heavy atom. The summed E-state index contributed by atoms with van der Waals surface area (Å²) in [6, 6.07) is 6.48. The highest BCUT2D eigenvalue weighted by molar-refractivity contribution is 5.96. The number of amides is 1. The Hall–Kier alpha value is -3.09. The number of pyridine rings is 1. The van der Waals surface area contributed by atoms with Crippen LogP contribution in [0.25, 0.3) is 0 Å². The maximum absolute atomic E-state index is 13.1. The van der Waals surface area contributed by atoms with Gasteiger partial charge in [-0.1, -0.05) is 31.4 Å². The Labute approximate surface area is 181 Å². The number of nitrogens with zero attached hydrogens (tertiary/aromatic N) is 1. The van der Waals surface area contributed by atoms with Crippen LogP contribution in [0.5, 0.6) is 5.75 Å². The van der Waals surface area contributed by atoms with Gasteiger partial charge in [0.25, 0.3) is 11.5 Å². The quantitative estimate of drug-likeness (QED) is 0.630. The number of benzene rings is 1. The SMILES string of the molecule is Cc1cc(C(=O)N[C@@H](Cc2ccc(O)cc2)C(=O)O)c(=O)n(CC2CCCCC2)c1C. The van der Waals surface area contributed by atoms with Gasteiger partial charge in [-0.3, -0.25) is 9.59 Å². The monoisotopic (exact) mass is 426 g/mol. The number of hydrogen-bond donors (Lipinski definition) is 3. The van der Waals surface area contributed by atoms with Gasteiger partial charge in [0.15, 0.2) is 0 Å². The second-order valence-corrected chi connectivity index (χ2v) is 8.48. The third-order valence-electron chi connectivity index (χ3n) is 6.20. The van der Waals surface area contributed by atoms with Gasteiger partial charge in [-0.25, -0.2) is 4.79 Å². The van der Waals surface area contributed by atoms with Crippen LogP contribution in [0.1, 0.15) is 59.3 Å². The fourth-order valence-electron chi connectivity index (χ4n) is 4.21. The first-order chi connectivity index (χ1) is 14.8. The van der Waals surface area contributed by atoms with Gasteiger partial charge >= 0.3 is 5.97 Å². The van der Waals surface area contributed by atoms with Gasteiger partial charge < -0.3 is 20.1 Å². The van der Waals surface area contributed by atoms with Crippen LogP contribution in [0.4, 0.5) is 0 Å². The third-order valence-corrected chi connectivity index (χ3v) is 6.20. The zero-order valence-corrected chi connectivity index (χ0v) is 18.1. The summed E-state index contributed by atoms with van der Waals surface area (Å²) in [5.74, 6) is -1.37. The molecule has 0 spiro atoms. The van der Waals surface area contributed by atoms with Crippen LogP contribution in [-0.4, -0.2) is 32.7 Å². The average Bonchev–Trinajstić information content (AvgIpc) is 2.75. The summed E-state index contributed by atoms with van der Waals surface area (Å²) >= 11 is 0. The minimum Gasteiger partial charge on any atom is -0.508 e. The van der Waals surface area contributed by atoms with Crippen molar-refractivity contribution in [1.82, 2.24) is 9.88 Å². The fraction of sp³-hybridized carbons (Fsp3) is 0.458. The number of nitrogens with one attached hydrogen (secondary N) is 1. The second kappa shape index (κ2) is 9.81. The lowest BCUT2D eigenvalue weighted by Gasteiger charge is -2.24. The van der Waals surface area contributed by atoms with Crippen molar-refractivity contribution in [2.24, 2.45) is 5.92 Å². The third kappa shape index (κ3) is 5.54. The molecule has 1 aliphatic rings. The standard InChI is InChI=1S/C24H30N2O5/c1-15-12-20(23(29)26(16(15)2)14-18-6-4-3-5-7-18)22(28)25-21(24(30)31)13-17-8-10-19(27)11-9-17/h8-12,18,21,27H,3-7,13-14H2,1-2H3,(H,25,28)(H,30,31)/t21-/m0/s1. The first-order valence-electron chi connectivity index (χ1n) is 10.8. The van der Waals surface area contributed by atoms with Crippen molar-refractivity contribution in [3.05, 3.63) is 63.1 Å². The molecule has 3 rings (SSSR count). The first kappa shape index (κ1) is 22.6. The lowest BCUT2D eigenvalue weighted by atomic mass is 9.89. The minimum atomic E-state index is -1.19. The number of aromatic nitrogens is 1. The predicted octanol–water partition coefficient (Wildman–Crippen LogP) is 3.18. The topological polar surface area (TPSA) is 109 Å². The molecule has 1 heterocycles. The van der Waals surface area contributed by atoms with Gasteiger partial charge in [-0.05, 0) is 61.9 Å². The van der Waals surface area contributed by atoms with Crippen LogP contribution >= 0.6 is 0 Å². The number of hydrogen-bond acceptors (Lipinski definition) is 4. The molecule has 7 nitrogen and oxygen atoms in total. The number of rotatable bonds is 7. The van der Waals surface area contributed by atoms with E-state index in [0.29, 0.717) is 18.0 Å². The summed E-state index contributed by atoms with van der Waals surface area (Å²) < 4.78 is 1.68. The van der Waals surface area contributed by atoms with E-state index in [-0.39, 0.29) is 23.3 Å². The number of phenols is 1. The molecule has 1 aliphatic carbocycles. The van der Waals surface area contributed by atoms with E-state index < -0.39 is 17.9 Å². The van der Waals surface area contributed by atoms with E-state index in [1.807, 2.05) is 13.8 Å². The molecule has 0 unspecified atom stereocenters. The Balaban J connectivity index is 1.82. The minimum absolute atomic E-state index is 0.0316. The molecule has 2 aromatic rings. The molecule has 31 heavy (non-hydrogen) atoms. The summed E-state index contributed by atoms with van der Waals surface area (Å²) in [6.45, 7) is 4.32. The van der Waals surface area contributed by atoms with Gasteiger partial charge in [0.1, 0.15) is 17.4 Å². The molecular formula is C24H30N2O5. The van der Waals surface area contributed by atoms with Gasteiger partial charge in [0.05, 0.1) is 0 Å². The van der Waals surface area contributed by atoms with Crippen LogP contribution in [0.15, 0.2) is 35.1 Å². The normalized spacial score (nSPS) is 15.4. The van der Waals surface area contributed by atoms with Gasteiger partial charge in [-0.2, -0.15) is 0 Å². The summed E-state index contributed by atoms with van der Waals surface area (Å²) in [4.78, 5) is 37.8. The maximum Gasteiger partial charge on any atom is 0.326 e. The van der Waals surface area contributed by atoms with E-state index in [1.165, 1.54) is 18.6 Å². The second-order valence-electron chi connectivity index (χ2n) is 8.48. The number of carbonyl (C=O) groups is 2. The average molecular weight is 427 g/mol. The summed E-state index contributed by atoms with van der Waals surface area (Å²) in [7, 11) is 0. The highest BCUT2D eigenvalue weighted by atomic mass is 16.4. The predicted molar refractivity (Wildman–Crippen MR) is 117 cm³/mol. The molecule has 1 saturated carbocycles. The maximum atomic E-state index is 13.1. The lowest BCUT2D eigenvalue weighted by molar-refractivity contribution is -0.139. The van der Waals surface area contributed by atoms with Crippen molar-refractivity contribution in [3.8, 4) is 5.75 Å². The largest absolute Gasteiger partial charge is 0.508 e. The molecule has 0 bridgehead atoms. The number of aromatic hydroxyl groups is 1. The van der Waals surface area contributed by atoms with E-state index in [1.54, 1.807) is 22.8 Å². The summed E-state index contributed by atoms with van der Waals surface area (Å²) in [6.07, 6.45) is 5.75. The van der Waals surface area contributed by atoms with Gasteiger partial charge in [0.2, 0.25) is 0 Å². The Bertz CT molecular complexity index is 1000. The highest BCUT2D eigenvalue weighted by Crippen LogP contribution is 2.25. The number of carbonyl (C=O) groups excluding carboxylic acids is 1. The number of carboxylic acid groups (broad SMARTS) is 1. The summed E-state index contributed by atoms with van der Waals surface area (Å²) in [5, 5.41) is 21.5. The number of phenolic OH excluding ortho intramolecular Hbond substituents is 1. The number of carboxylic acids is 1. The highest BCUT2D eigenvalue weighted by Gasteiger charge is 2.25. The molecule has 3 N–H and O–H groups in total. The van der Waals surface area contributed by atoms with Crippen molar-refractivity contribution < 1.29 is 19.8 Å². The molecule has 1 fully saturated rings. The molecule has 1 atom stereocenters. The smallest absolute Gasteiger partial charge is 0.326 e. The van der Waals surface area contributed by atoms with Crippen molar-refractivity contribution in [2.45, 2.75) is 65.0 Å². The van der Waals surface area contributed by atoms with Crippen LogP contribution in [0.2, 0.25) is 0 Å². The molecule has 7 heteroatoms. The zero-order chi connectivity index (χ0) is 22.5. The molecule has 166 valence electrons. The number of aliphatic carboxylic acids is 1. The van der Waals surface area contributed by atoms with Crippen LogP contribution in [-0.2, 0) is 17.8 Å². The van der Waals surface area contributed by atoms with E-state index in [4.69, 9.17) is 0 Å². The van der Waals surface area contributed by atoms with E-state index in [2.05, 4.69) is 5.32 Å². The number of aryl methyl sites for hydroxylation is 1. The van der Waals surface area contributed by atoms with Crippen molar-refractivity contribution in [2.75, 3.05) is 0 Å². The Morgan fingerprint density at radius 2 is 1.77 bits per heavy atom. The van der Waals surface area contributed by atoms with E-state index in [0.717, 1.165) is 36.9 Å². The van der Waals surface area contributed by atoms with Crippen LogP contribution < -0.4 is 10.9 Å². The molecule has 1 amide bonds. The van der Waals surface area contributed by atoms with Crippen LogP contribution in [0, 0.1) is 19.8 Å². The van der Waals surface area contributed by atoms with Gasteiger partial charge in [0, 0.05) is 18.7 Å².